The van der Waals surface area contributed by atoms with Gasteiger partial charge in [0.15, 0.2) is 0 Å². The molecule has 0 aromatic heterocycles. The standard InChI is InChI=1S/C13H12F3N3O3/c1-12(7-3-2-4-8(5-7)13(14,15)16)10(21)19(6-9(17)20)11(22)18-12/h2-5H,6H2,1H3,(H2,17,20)(H,18,22)/t12-/m0/s1. The van der Waals surface area contributed by atoms with Gasteiger partial charge in [0.2, 0.25) is 5.91 Å². The fourth-order valence-corrected chi connectivity index (χ4v) is 2.20. The van der Waals surface area contributed by atoms with E-state index >= 15 is 0 Å². The highest BCUT2D eigenvalue weighted by Gasteiger charge is 2.49. The third kappa shape index (κ3) is 2.61. The molecule has 1 saturated heterocycles. The molecule has 3 N–H and O–H groups in total. The summed E-state index contributed by atoms with van der Waals surface area (Å²) in [6.07, 6.45) is -4.58. The van der Waals surface area contributed by atoms with Gasteiger partial charge < -0.3 is 11.1 Å². The van der Waals surface area contributed by atoms with Crippen LogP contribution in [0.3, 0.4) is 0 Å². The summed E-state index contributed by atoms with van der Waals surface area (Å²) in [4.78, 5) is 35.5. The monoisotopic (exact) mass is 315 g/mol. The van der Waals surface area contributed by atoms with Gasteiger partial charge in [-0.25, -0.2) is 4.79 Å². The van der Waals surface area contributed by atoms with Crippen LogP contribution in [0, 0.1) is 0 Å². The van der Waals surface area contributed by atoms with Gasteiger partial charge in [0.05, 0.1) is 5.56 Å². The van der Waals surface area contributed by atoms with E-state index in [2.05, 4.69) is 5.32 Å². The van der Waals surface area contributed by atoms with Gasteiger partial charge in [0.25, 0.3) is 5.91 Å². The number of halogens is 3. The molecule has 1 atom stereocenters. The number of amides is 4. The van der Waals surface area contributed by atoms with E-state index in [0.29, 0.717) is 4.90 Å². The third-order valence-corrected chi connectivity index (χ3v) is 3.36. The number of hydrogen-bond donors (Lipinski definition) is 2. The van der Waals surface area contributed by atoms with Crippen LogP contribution in [0.15, 0.2) is 24.3 Å². The Labute approximate surface area is 123 Å². The van der Waals surface area contributed by atoms with E-state index in [0.717, 1.165) is 18.2 Å². The van der Waals surface area contributed by atoms with Crippen molar-refractivity contribution in [2.45, 2.75) is 18.6 Å². The highest BCUT2D eigenvalue weighted by molar-refractivity contribution is 6.09. The summed E-state index contributed by atoms with van der Waals surface area (Å²) in [5.74, 6) is -1.74. The second kappa shape index (κ2) is 5.00. The lowest BCUT2D eigenvalue weighted by Crippen LogP contribution is -2.42. The SMILES string of the molecule is C[C@@]1(c2cccc(C(F)(F)F)c2)NC(=O)N(CC(N)=O)C1=O. The van der Waals surface area contributed by atoms with Crippen LogP contribution >= 0.6 is 0 Å². The quantitative estimate of drug-likeness (QED) is 0.814. The molecule has 1 heterocycles. The van der Waals surface area contributed by atoms with Crippen molar-refractivity contribution in [2.75, 3.05) is 6.54 Å². The number of primary amides is 1. The molecular weight excluding hydrogens is 303 g/mol. The van der Waals surface area contributed by atoms with Crippen LogP contribution in [0.1, 0.15) is 18.1 Å². The minimum Gasteiger partial charge on any atom is -0.368 e. The Morgan fingerprint density at radius 2 is 2.00 bits per heavy atom. The Hall–Kier alpha value is -2.58. The van der Waals surface area contributed by atoms with Gasteiger partial charge in [-0.15, -0.1) is 0 Å². The fraction of sp³-hybridized carbons (Fsp3) is 0.308. The molecule has 0 spiro atoms. The molecule has 6 nitrogen and oxygen atoms in total. The summed E-state index contributed by atoms with van der Waals surface area (Å²) in [6.45, 7) is 0.628. The second-order valence-electron chi connectivity index (χ2n) is 4.99. The first-order valence-corrected chi connectivity index (χ1v) is 6.16. The zero-order valence-electron chi connectivity index (χ0n) is 11.4. The summed E-state index contributed by atoms with van der Waals surface area (Å²) in [5.41, 5.74) is 2.28. The van der Waals surface area contributed by atoms with Crippen LogP contribution in [-0.2, 0) is 21.3 Å². The molecule has 1 aliphatic heterocycles. The van der Waals surface area contributed by atoms with Crippen LogP contribution in [0.2, 0.25) is 0 Å². The fourth-order valence-electron chi connectivity index (χ4n) is 2.20. The van der Waals surface area contributed by atoms with Gasteiger partial charge >= 0.3 is 12.2 Å². The van der Waals surface area contributed by atoms with E-state index in [-0.39, 0.29) is 5.56 Å². The van der Waals surface area contributed by atoms with Crippen molar-refractivity contribution in [2.24, 2.45) is 5.73 Å². The predicted molar refractivity (Wildman–Crippen MR) is 68.2 cm³/mol. The van der Waals surface area contributed by atoms with Crippen molar-refractivity contribution in [3.05, 3.63) is 35.4 Å². The molecule has 1 aliphatic rings. The van der Waals surface area contributed by atoms with E-state index in [1.54, 1.807) is 0 Å². The Bertz CT molecular complexity index is 659. The highest BCUT2D eigenvalue weighted by Crippen LogP contribution is 2.34. The maximum atomic E-state index is 12.8. The van der Waals surface area contributed by atoms with Crippen LogP contribution in [0.25, 0.3) is 0 Å². The first kappa shape index (κ1) is 15.8. The molecule has 0 unspecified atom stereocenters. The number of nitrogens with two attached hydrogens (primary N) is 1. The molecule has 2 rings (SSSR count). The first-order chi connectivity index (χ1) is 10.1. The molecule has 1 aromatic rings. The number of imide groups is 1. The molecule has 22 heavy (non-hydrogen) atoms. The largest absolute Gasteiger partial charge is 0.416 e. The van der Waals surface area contributed by atoms with Crippen LogP contribution in [0.5, 0.6) is 0 Å². The van der Waals surface area contributed by atoms with Crippen molar-refractivity contribution >= 4 is 17.8 Å². The number of nitrogens with zero attached hydrogens (tertiary/aromatic N) is 1. The molecule has 1 fully saturated rings. The van der Waals surface area contributed by atoms with E-state index in [1.165, 1.54) is 13.0 Å². The van der Waals surface area contributed by atoms with Gasteiger partial charge in [-0.3, -0.25) is 14.5 Å². The third-order valence-electron chi connectivity index (χ3n) is 3.36. The molecule has 9 heteroatoms. The van der Waals surface area contributed by atoms with E-state index in [9.17, 15) is 27.6 Å². The lowest BCUT2D eigenvalue weighted by molar-refractivity contribution is -0.138. The molecule has 1 aromatic carbocycles. The Kier molecular flexibility index (Phi) is 3.59. The van der Waals surface area contributed by atoms with Crippen molar-refractivity contribution in [1.29, 1.82) is 0 Å². The number of nitrogens with one attached hydrogen (secondary N) is 1. The zero-order chi connectivity index (χ0) is 16.7. The van der Waals surface area contributed by atoms with E-state index in [4.69, 9.17) is 5.73 Å². The zero-order valence-corrected chi connectivity index (χ0v) is 11.4. The minimum atomic E-state index is -4.58. The van der Waals surface area contributed by atoms with Gasteiger partial charge in [0.1, 0.15) is 12.1 Å². The van der Waals surface area contributed by atoms with E-state index < -0.39 is 41.7 Å². The number of carbonyl (C=O) groups is 3. The summed E-state index contributed by atoms with van der Waals surface area (Å²) < 4.78 is 38.3. The smallest absolute Gasteiger partial charge is 0.368 e. The maximum Gasteiger partial charge on any atom is 0.416 e. The van der Waals surface area contributed by atoms with Crippen LogP contribution < -0.4 is 11.1 Å². The number of hydrogen-bond acceptors (Lipinski definition) is 3. The number of urea groups is 1. The van der Waals surface area contributed by atoms with Gasteiger partial charge in [-0.05, 0) is 24.6 Å². The lowest BCUT2D eigenvalue weighted by atomic mass is 9.90. The maximum absolute atomic E-state index is 12.8. The Balaban J connectivity index is 2.42. The summed E-state index contributed by atoms with van der Waals surface area (Å²) in [5, 5.41) is 2.29. The van der Waals surface area contributed by atoms with Crippen LogP contribution in [-0.4, -0.2) is 29.3 Å². The number of alkyl halides is 3. The lowest BCUT2D eigenvalue weighted by Gasteiger charge is -2.23. The molecule has 4 amide bonds. The average Bonchev–Trinajstić information content (AvgIpc) is 2.62. The van der Waals surface area contributed by atoms with E-state index in [1.807, 2.05) is 0 Å². The number of benzene rings is 1. The molecule has 0 radical (unpaired) electrons. The first-order valence-electron chi connectivity index (χ1n) is 6.16. The van der Waals surface area contributed by atoms with Crippen molar-refractivity contribution in [3.63, 3.8) is 0 Å². The molecule has 0 bridgehead atoms. The molecule has 0 saturated carbocycles. The van der Waals surface area contributed by atoms with Gasteiger partial charge in [-0.1, -0.05) is 12.1 Å². The van der Waals surface area contributed by atoms with Gasteiger partial charge in [-0.2, -0.15) is 13.2 Å². The summed E-state index contributed by atoms with van der Waals surface area (Å²) in [7, 11) is 0. The van der Waals surface area contributed by atoms with Gasteiger partial charge in [0, 0.05) is 0 Å². The predicted octanol–water partition coefficient (Wildman–Crippen LogP) is 0.958. The molecule has 0 aliphatic carbocycles. The van der Waals surface area contributed by atoms with Crippen molar-refractivity contribution in [3.8, 4) is 0 Å². The average molecular weight is 315 g/mol. The number of carbonyl (C=O) groups excluding carboxylic acids is 3. The van der Waals surface area contributed by atoms with Crippen molar-refractivity contribution in [1.82, 2.24) is 10.2 Å². The second-order valence-corrected chi connectivity index (χ2v) is 4.99. The Morgan fingerprint density at radius 1 is 1.36 bits per heavy atom. The summed E-state index contributed by atoms with van der Waals surface area (Å²) >= 11 is 0. The molecule has 118 valence electrons. The minimum absolute atomic E-state index is 0.0346. The molecular formula is C13H12F3N3O3. The highest BCUT2D eigenvalue weighted by atomic mass is 19.4. The number of rotatable bonds is 3. The normalized spacial score (nSPS) is 21.9. The van der Waals surface area contributed by atoms with Crippen LogP contribution in [0.4, 0.5) is 18.0 Å². The Morgan fingerprint density at radius 3 is 2.55 bits per heavy atom. The summed E-state index contributed by atoms with van der Waals surface area (Å²) in [6, 6.07) is 3.19. The topological polar surface area (TPSA) is 92.5 Å². The van der Waals surface area contributed by atoms with Crippen molar-refractivity contribution < 1.29 is 27.6 Å².